The highest BCUT2D eigenvalue weighted by Gasteiger charge is 2.22. The van der Waals surface area contributed by atoms with Crippen molar-refractivity contribution >= 4 is 11.9 Å². The maximum atomic E-state index is 12.7. The highest BCUT2D eigenvalue weighted by Crippen LogP contribution is 2.25. The highest BCUT2D eigenvalue weighted by atomic mass is 16.5. The Morgan fingerprint density at radius 2 is 1.96 bits per heavy atom. The molecule has 8 heteroatoms. The van der Waals surface area contributed by atoms with Crippen molar-refractivity contribution in [3.8, 4) is 11.5 Å². The minimum Gasteiger partial charge on any atom is -0.493 e. The lowest BCUT2D eigenvalue weighted by atomic mass is 10.1. The van der Waals surface area contributed by atoms with Crippen LogP contribution in [-0.4, -0.2) is 60.2 Å². The first-order valence-electron chi connectivity index (χ1n) is 9.12. The van der Waals surface area contributed by atoms with Gasteiger partial charge < -0.3 is 23.7 Å². The molecule has 0 bridgehead atoms. The fraction of sp³-hybridized carbons (Fsp3) is 0.450. The van der Waals surface area contributed by atoms with E-state index in [0.29, 0.717) is 18.0 Å². The summed E-state index contributed by atoms with van der Waals surface area (Å²) in [5, 5.41) is 0. The van der Waals surface area contributed by atoms with Gasteiger partial charge in [0, 0.05) is 32.0 Å². The number of nitrogens with zero attached hydrogens (tertiary/aromatic N) is 3. The van der Waals surface area contributed by atoms with Gasteiger partial charge in [0.25, 0.3) is 5.91 Å². The lowest BCUT2D eigenvalue weighted by molar-refractivity contribution is -0.146. The Bertz CT molecular complexity index is 748. The van der Waals surface area contributed by atoms with Crippen molar-refractivity contribution in [2.24, 2.45) is 5.92 Å². The van der Waals surface area contributed by atoms with Crippen LogP contribution in [0.1, 0.15) is 13.3 Å². The number of aromatic nitrogens is 2. The quantitative estimate of drug-likeness (QED) is 0.547. The number of hydrogen-bond donors (Lipinski definition) is 0. The van der Waals surface area contributed by atoms with Crippen molar-refractivity contribution in [2.75, 3.05) is 33.9 Å². The van der Waals surface area contributed by atoms with Crippen LogP contribution in [0.5, 0.6) is 11.5 Å². The van der Waals surface area contributed by atoms with Gasteiger partial charge in [-0.2, -0.15) is 0 Å². The molecule has 0 aliphatic carbocycles. The van der Waals surface area contributed by atoms with Crippen molar-refractivity contribution in [1.82, 2.24) is 14.5 Å². The standard InChI is InChI=1S/C20H27N3O5/c1-16(20(25)27-3)13-23(11-6-10-22-12-9-21-15-22)19(24)14-28-18-8-5-4-7-17(18)26-2/h4-5,7-9,12,15-16H,6,10-11,13-14H2,1-3H3. The van der Waals surface area contributed by atoms with E-state index in [4.69, 9.17) is 14.2 Å². The molecular weight excluding hydrogens is 362 g/mol. The Labute approximate surface area is 165 Å². The van der Waals surface area contributed by atoms with E-state index >= 15 is 0 Å². The molecule has 0 aliphatic rings. The van der Waals surface area contributed by atoms with Gasteiger partial charge in [0.2, 0.25) is 0 Å². The molecule has 8 nitrogen and oxygen atoms in total. The number of rotatable bonds is 11. The number of imidazole rings is 1. The summed E-state index contributed by atoms with van der Waals surface area (Å²) in [6.07, 6.45) is 6.04. The predicted octanol–water partition coefficient (Wildman–Crippen LogP) is 2.00. The van der Waals surface area contributed by atoms with Gasteiger partial charge >= 0.3 is 5.97 Å². The van der Waals surface area contributed by atoms with Crippen LogP contribution >= 0.6 is 0 Å². The van der Waals surface area contributed by atoms with Crippen LogP contribution in [0.4, 0.5) is 0 Å². The number of aryl methyl sites for hydroxylation is 1. The molecule has 1 amide bonds. The van der Waals surface area contributed by atoms with Crippen LogP contribution in [0.15, 0.2) is 43.0 Å². The molecule has 1 unspecified atom stereocenters. The summed E-state index contributed by atoms with van der Waals surface area (Å²) in [6.45, 7) is 3.09. The number of hydrogen-bond acceptors (Lipinski definition) is 6. The third-order valence-corrected chi connectivity index (χ3v) is 4.27. The third-order valence-electron chi connectivity index (χ3n) is 4.27. The second-order valence-electron chi connectivity index (χ2n) is 6.36. The molecule has 0 N–H and O–H groups in total. The SMILES string of the molecule is COC(=O)C(C)CN(CCCn1ccnc1)C(=O)COc1ccccc1OC. The number of amides is 1. The molecule has 0 spiro atoms. The summed E-state index contributed by atoms with van der Waals surface area (Å²) in [6, 6.07) is 7.15. The summed E-state index contributed by atoms with van der Waals surface area (Å²) >= 11 is 0. The van der Waals surface area contributed by atoms with Gasteiger partial charge in [-0.05, 0) is 18.6 Å². The first-order valence-corrected chi connectivity index (χ1v) is 9.12. The van der Waals surface area contributed by atoms with E-state index in [1.54, 1.807) is 43.6 Å². The fourth-order valence-corrected chi connectivity index (χ4v) is 2.76. The predicted molar refractivity (Wildman–Crippen MR) is 103 cm³/mol. The number of benzene rings is 1. The molecule has 2 aromatic rings. The van der Waals surface area contributed by atoms with Gasteiger partial charge in [0.15, 0.2) is 18.1 Å². The number of para-hydroxylation sites is 2. The lowest BCUT2D eigenvalue weighted by Gasteiger charge is -2.25. The summed E-state index contributed by atoms with van der Waals surface area (Å²) in [5.41, 5.74) is 0. The molecule has 2 rings (SSSR count). The maximum Gasteiger partial charge on any atom is 0.310 e. The monoisotopic (exact) mass is 389 g/mol. The Kier molecular flexibility index (Phi) is 8.33. The van der Waals surface area contributed by atoms with E-state index < -0.39 is 5.92 Å². The Hall–Kier alpha value is -3.03. The van der Waals surface area contributed by atoms with E-state index in [1.807, 2.05) is 22.9 Å². The van der Waals surface area contributed by atoms with Crippen LogP contribution in [0.25, 0.3) is 0 Å². The second kappa shape index (κ2) is 11.0. The minimum absolute atomic E-state index is 0.140. The average Bonchev–Trinajstić information content (AvgIpc) is 3.24. The van der Waals surface area contributed by atoms with Gasteiger partial charge in [-0.25, -0.2) is 4.98 Å². The number of carbonyl (C=O) groups is 2. The highest BCUT2D eigenvalue weighted by molar-refractivity contribution is 5.79. The van der Waals surface area contributed by atoms with Crippen LogP contribution in [-0.2, 0) is 20.9 Å². The van der Waals surface area contributed by atoms with E-state index in [1.165, 1.54) is 7.11 Å². The number of carbonyl (C=O) groups excluding carboxylic acids is 2. The van der Waals surface area contributed by atoms with Gasteiger partial charge in [-0.15, -0.1) is 0 Å². The van der Waals surface area contributed by atoms with Crippen molar-refractivity contribution in [3.63, 3.8) is 0 Å². The Morgan fingerprint density at radius 3 is 2.61 bits per heavy atom. The van der Waals surface area contributed by atoms with Crippen molar-refractivity contribution in [3.05, 3.63) is 43.0 Å². The van der Waals surface area contributed by atoms with Gasteiger partial charge in [0.1, 0.15) is 0 Å². The smallest absolute Gasteiger partial charge is 0.310 e. The Balaban J connectivity index is 1.96. The molecule has 1 atom stereocenters. The largest absolute Gasteiger partial charge is 0.493 e. The first-order chi connectivity index (χ1) is 13.5. The molecule has 0 saturated heterocycles. The first kappa shape index (κ1) is 21.3. The normalized spacial score (nSPS) is 11.5. The van der Waals surface area contributed by atoms with E-state index in [0.717, 1.165) is 13.0 Å². The minimum atomic E-state index is -0.423. The molecule has 1 heterocycles. The van der Waals surface area contributed by atoms with Crippen LogP contribution in [0.2, 0.25) is 0 Å². The van der Waals surface area contributed by atoms with Crippen LogP contribution in [0.3, 0.4) is 0 Å². The van der Waals surface area contributed by atoms with E-state index in [9.17, 15) is 9.59 Å². The molecule has 0 aliphatic heterocycles. The van der Waals surface area contributed by atoms with Crippen molar-refractivity contribution in [2.45, 2.75) is 19.9 Å². The molecule has 152 valence electrons. The second-order valence-corrected chi connectivity index (χ2v) is 6.36. The topological polar surface area (TPSA) is 82.9 Å². The molecule has 28 heavy (non-hydrogen) atoms. The average molecular weight is 389 g/mol. The number of ether oxygens (including phenoxy) is 3. The van der Waals surface area contributed by atoms with Gasteiger partial charge in [0.05, 0.1) is 26.5 Å². The summed E-state index contributed by atoms with van der Waals surface area (Å²) in [7, 11) is 2.89. The van der Waals surface area contributed by atoms with E-state index in [2.05, 4.69) is 4.98 Å². The van der Waals surface area contributed by atoms with Crippen LogP contribution in [0, 0.1) is 5.92 Å². The molecule has 1 aromatic carbocycles. The Morgan fingerprint density at radius 1 is 1.21 bits per heavy atom. The number of esters is 1. The summed E-state index contributed by atoms with van der Waals surface area (Å²) in [4.78, 5) is 30.2. The van der Waals surface area contributed by atoms with Gasteiger partial charge in [-0.3, -0.25) is 9.59 Å². The third kappa shape index (κ3) is 6.29. The van der Waals surface area contributed by atoms with Crippen molar-refractivity contribution in [1.29, 1.82) is 0 Å². The molecule has 1 aromatic heterocycles. The molecule has 0 saturated carbocycles. The number of methoxy groups -OCH3 is 2. The molecular formula is C20H27N3O5. The zero-order valence-electron chi connectivity index (χ0n) is 16.5. The van der Waals surface area contributed by atoms with Crippen molar-refractivity contribution < 1.29 is 23.8 Å². The lowest BCUT2D eigenvalue weighted by Crippen LogP contribution is -2.40. The maximum absolute atomic E-state index is 12.7. The zero-order chi connectivity index (χ0) is 20.4. The molecule has 0 radical (unpaired) electrons. The summed E-state index contributed by atoms with van der Waals surface area (Å²) in [5.74, 6) is 0.0846. The van der Waals surface area contributed by atoms with E-state index in [-0.39, 0.29) is 25.0 Å². The van der Waals surface area contributed by atoms with Gasteiger partial charge in [-0.1, -0.05) is 19.1 Å². The van der Waals surface area contributed by atoms with Crippen LogP contribution < -0.4 is 9.47 Å². The molecule has 0 fully saturated rings. The zero-order valence-corrected chi connectivity index (χ0v) is 16.5. The summed E-state index contributed by atoms with van der Waals surface area (Å²) < 4.78 is 17.6. The fourth-order valence-electron chi connectivity index (χ4n) is 2.76.